The van der Waals surface area contributed by atoms with Gasteiger partial charge >= 0.3 is 0 Å². The number of para-hydroxylation sites is 2. The van der Waals surface area contributed by atoms with Crippen LogP contribution in [0.1, 0.15) is 12.8 Å². The van der Waals surface area contributed by atoms with Crippen molar-refractivity contribution in [1.29, 1.82) is 0 Å². The molecular formula is C21H25N3O2. The summed E-state index contributed by atoms with van der Waals surface area (Å²) in [6, 6.07) is 19.7. The van der Waals surface area contributed by atoms with Gasteiger partial charge in [-0.25, -0.2) is 0 Å². The predicted octanol–water partition coefficient (Wildman–Crippen LogP) is 2.68. The van der Waals surface area contributed by atoms with Crippen molar-refractivity contribution < 1.29 is 9.59 Å². The fraction of sp³-hybridized carbons (Fsp3) is 0.333. The zero-order chi connectivity index (χ0) is 18.4. The van der Waals surface area contributed by atoms with Crippen molar-refractivity contribution >= 4 is 23.2 Å². The average molecular weight is 351 g/mol. The molecule has 0 bridgehead atoms. The number of rotatable bonds is 7. The number of carbonyl (C=O) groups is 2. The summed E-state index contributed by atoms with van der Waals surface area (Å²) >= 11 is 0. The van der Waals surface area contributed by atoms with Gasteiger partial charge in [0, 0.05) is 44.5 Å². The van der Waals surface area contributed by atoms with Crippen molar-refractivity contribution in [1.82, 2.24) is 5.32 Å². The second-order valence-corrected chi connectivity index (χ2v) is 6.64. The highest BCUT2D eigenvalue weighted by atomic mass is 16.2. The highest BCUT2D eigenvalue weighted by Crippen LogP contribution is 2.24. The first-order chi connectivity index (χ1) is 12.6. The van der Waals surface area contributed by atoms with Crippen LogP contribution in [0.3, 0.4) is 0 Å². The molecule has 26 heavy (non-hydrogen) atoms. The van der Waals surface area contributed by atoms with Gasteiger partial charge in [-0.2, -0.15) is 0 Å². The molecule has 0 saturated carbocycles. The lowest BCUT2D eigenvalue weighted by Crippen LogP contribution is -2.34. The number of nitrogens with zero attached hydrogens (tertiary/aromatic N) is 2. The Hall–Kier alpha value is -2.82. The molecule has 1 atom stereocenters. The van der Waals surface area contributed by atoms with Crippen molar-refractivity contribution in [2.24, 2.45) is 5.92 Å². The summed E-state index contributed by atoms with van der Waals surface area (Å²) in [6.45, 7) is 1.94. The monoisotopic (exact) mass is 351 g/mol. The normalized spacial score (nSPS) is 16.6. The minimum absolute atomic E-state index is 0.0140. The van der Waals surface area contributed by atoms with Crippen LogP contribution in [0, 0.1) is 5.92 Å². The largest absolute Gasteiger partial charge is 0.375 e. The van der Waals surface area contributed by atoms with E-state index in [1.807, 2.05) is 55.6 Å². The summed E-state index contributed by atoms with van der Waals surface area (Å²) in [6.07, 6.45) is 1.14. The third kappa shape index (κ3) is 4.42. The molecule has 136 valence electrons. The third-order valence-corrected chi connectivity index (χ3v) is 4.73. The second kappa shape index (κ2) is 8.52. The molecule has 1 heterocycles. The number of nitrogens with one attached hydrogen (secondary N) is 1. The Kier molecular flexibility index (Phi) is 5.89. The Labute approximate surface area is 154 Å². The molecular weight excluding hydrogens is 326 g/mol. The van der Waals surface area contributed by atoms with Gasteiger partial charge in [-0.1, -0.05) is 36.4 Å². The number of anilines is 2. The van der Waals surface area contributed by atoms with E-state index in [2.05, 4.69) is 22.3 Å². The van der Waals surface area contributed by atoms with Gasteiger partial charge in [0.1, 0.15) is 0 Å². The molecule has 1 fully saturated rings. The van der Waals surface area contributed by atoms with Crippen LogP contribution in [0.2, 0.25) is 0 Å². The molecule has 3 rings (SSSR count). The molecule has 1 N–H and O–H groups in total. The lowest BCUT2D eigenvalue weighted by Gasteiger charge is -2.19. The van der Waals surface area contributed by atoms with E-state index < -0.39 is 0 Å². The van der Waals surface area contributed by atoms with E-state index in [9.17, 15) is 9.59 Å². The van der Waals surface area contributed by atoms with Crippen LogP contribution >= 0.6 is 0 Å². The van der Waals surface area contributed by atoms with Crippen LogP contribution in [0.25, 0.3) is 0 Å². The molecule has 0 aliphatic carbocycles. The van der Waals surface area contributed by atoms with E-state index >= 15 is 0 Å². The summed E-state index contributed by atoms with van der Waals surface area (Å²) in [5, 5.41) is 2.98. The van der Waals surface area contributed by atoms with Crippen LogP contribution in [0.5, 0.6) is 0 Å². The molecule has 0 aromatic heterocycles. The van der Waals surface area contributed by atoms with Gasteiger partial charge in [0.05, 0.1) is 5.92 Å². The lowest BCUT2D eigenvalue weighted by molar-refractivity contribution is -0.126. The van der Waals surface area contributed by atoms with Crippen LogP contribution in [0.15, 0.2) is 60.7 Å². The molecule has 1 saturated heterocycles. The average Bonchev–Trinajstić information content (AvgIpc) is 3.08. The number of amides is 2. The van der Waals surface area contributed by atoms with Crippen LogP contribution < -0.4 is 15.1 Å². The molecule has 1 unspecified atom stereocenters. The smallest absolute Gasteiger partial charge is 0.227 e. The standard InChI is InChI=1S/C21H25N3O2/c1-23(18-9-4-2-5-10-18)14-8-13-22-21(26)17-15-20(25)24(16-17)19-11-6-3-7-12-19/h2-7,9-12,17H,8,13-16H2,1H3,(H,22,26). The van der Waals surface area contributed by atoms with Crippen molar-refractivity contribution in [3.05, 3.63) is 60.7 Å². The van der Waals surface area contributed by atoms with Crippen molar-refractivity contribution in [3.63, 3.8) is 0 Å². The maximum absolute atomic E-state index is 12.4. The maximum Gasteiger partial charge on any atom is 0.227 e. The summed E-state index contributed by atoms with van der Waals surface area (Å²) in [5.41, 5.74) is 2.02. The first-order valence-corrected chi connectivity index (χ1v) is 9.04. The fourth-order valence-electron chi connectivity index (χ4n) is 3.22. The topological polar surface area (TPSA) is 52.7 Å². The van der Waals surface area contributed by atoms with Gasteiger partial charge in [-0.15, -0.1) is 0 Å². The Morgan fingerprint density at radius 1 is 1.12 bits per heavy atom. The molecule has 0 spiro atoms. The van der Waals surface area contributed by atoms with Crippen molar-refractivity contribution in [2.45, 2.75) is 12.8 Å². The number of hydrogen-bond donors (Lipinski definition) is 1. The van der Waals surface area contributed by atoms with Gasteiger partial charge < -0.3 is 15.1 Å². The first-order valence-electron chi connectivity index (χ1n) is 9.04. The minimum atomic E-state index is -0.269. The highest BCUT2D eigenvalue weighted by molar-refractivity contribution is 6.00. The number of hydrogen-bond acceptors (Lipinski definition) is 3. The Balaban J connectivity index is 1.42. The number of carbonyl (C=O) groups excluding carboxylic acids is 2. The van der Waals surface area contributed by atoms with E-state index in [0.29, 0.717) is 13.1 Å². The van der Waals surface area contributed by atoms with Crippen molar-refractivity contribution in [2.75, 3.05) is 36.5 Å². The Morgan fingerprint density at radius 2 is 1.77 bits per heavy atom. The second-order valence-electron chi connectivity index (χ2n) is 6.64. The zero-order valence-corrected chi connectivity index (χ0v) is 15.1. The SMILES string of the molecule is CN(CCCNC(=O)C1CC(=O)N(c2ccccc2)C1)c1ccccc1. The van der Waals surface area contributed by atoms with Gasteiger partial charge in [-0.05, 0) is 30.7 Å². The molecule has 1 aliphatic heterocycles. The quantitative estimate of drug-likeness (QED) is 0.781. The third-order valence-electron chi connectivity index (χ3n) is 4.73. The summed E-state index contributed by atoms with van der Waals surface area (Å²) in [5.74, 6) is -0.283. The molecule has 1 aliphatic rings. The molecule has 2 amide bonds. The van der Waals surface area contributed by atoms with E-state index in [4.69, 9.17) is 0 Å². The van der Waals surface area contributed by atoms with E-state index in [-0.39, 0.29) is 24.2 Å². The molecule has 2 aromatic carbocycles. The van der Waals surface area contributed by atoms with Crippen LogP contribution in [-0.4, -0.2) is 38.5 Å². The number of benzene rings is 2. The van der Waals surface area contributed by atoms with E-state index in [0.717, 1.165) is 18.7 Å². The first kappa shape index (κ1) is 18.0. The van der Waals surface area contributed by atoms with E-state index in [1.165, 1.54) is 5.69 Å². The fourth-order valence-corrected chi connectivity index (χ4v) is 3.22. The predicted molar refractivity (Wildman–Crippen MR) is 104 cm³/mol. The van der Waals surface area contributed by atoms with Crippen LogP contribution in [-0.2, 0) is 9.59 Å². The zero-order valence-electron chi connectivity index (χ0n) is 15.1. The van der Waals surface area contributed by atoms with Crippen molar-refractivity contribution in [3.8, 4) is 0 Å². The molecule has 0 radical (unpaired) electrons. The Bertz CT molecular complexity index is 733. The Morgan fingerprint density at radius 3 is 2.46 bits per heavy atom. The van der Waals surface area contributed by atoms with Gasteiger partial charge in [-0.3, -0.25) is 9.59 Å². The highest BCUT2D eigenvalue weighted by Gasteiger charge is 2.34. The van der Waals surface area contributed by atoms with Crippen LogP contribution in [0.4, 0.5) is 11.4 Å². The summed E-state index contributed by atoms with van der Waals surface area (Å²) in [7, 11) is 2.05. The van der Waals surface area contributed by atoms with Gasteiger partial charge in [0.25, 0.3) is 0 Å². The summed E-state index contributed by atoms with van der Waals surface area (Å²) in [4.78, 5) is 28.5. The molecule has 5 nitrogen and oxygen atoms in total. The van der Waals surface area contributed by atoms with Gasteiger partial charge in [0.2, 0.25) is 11.8 Å². The molecule has 5 heteroatoms. The van der Waals surface area contributed by atoms with Gasteiger partial charge in [0.15, 0.2) is 0 Å². The molecule has 2 aromatic rings. The summed E-state index contributed by atoms with van der Waals surface area (Å²) < 4.78 is 0. The maximum atomic E-state index is 12.4. The van der Waals surface area contributed by atoms with E-state index in [1.54, 1.807) is 4.90 Å². The lowest BCUT2D eigenvalue weighted by atomic mass is 10.1. The minimum Gasteiger partial charge on any atom is -0.375 e.